The molecule has 1 aliphatic rings. The first-order valence-electron chi connectivity index (χ1n) is 6.53. The van der Waals surface area contributed by atoms with Gasteiger partial charge < -0.3 is 10.6 Å². The summed E-state index contributed by atoms with van der Waals surface area (Å²) in [5, 5.41) is 9.61. The van der Waals surface area contributed by atoms with Gasteiger partial charge in [0.25, 0.3) is 0 Å². The Balaban J connectivity index is 1.67. The molecule has 4 nitrogen and oxygen atoms in total. The molecule has 2 N–H and O–H groups in total. The third-order valence-corrected chi connectivity index (χ3v) is 4.91. The molecule has 0 saturated carbocycles. The monoisotopic (exact) mass is 341 g/mol. The lowest BCUT2D eigenvalue weighted by atomic mass is 9.99. The van der Waals surface area contributed by atoms with E-state index in [0.717, 1.165) is 23.7 Å². The molecule has 21 heavy (non-hydrogen) atoms. The Kier molecular flexibility index (Phi) is 4.45. The first-order chi connectivity index (χ1) is 10.1. The summed E-state index contributed by atoms with van der Waals surface area (Å²) < 4.78 is 0. The molecule has 1 aliphatic heterocycles. The Morgan fingerprint density at radius 1 is 1.38 bits per heavy atom. The van der Waals surface area contributed by atoms with E-state index >= 15 is 0 Å². The second kappa shape index (κ2) is 6.32. The number of carbonyl (C=O) groups is 1. The van der Waals surface area contributed by atoms with Crippen LogP contribution in [0.15, 0.2) is 23.6 Å². The molecule has 0 aliphatic carbocycles. The van der Waals surface area contributed by atoms with Crippen molar-refractivity contribution in [1.29, 1.82) is 0 Å². The first-order valence-corrected chi connectivity index (χ1v) is 8.17. The number of benzene rings is 1. The predicted molar refractivity (Wildman–Crippen MR) is 87.2 cm³/mol. The molecule has 1 saturated heterocycles. The van der Waals surface area contributed by atoms with Crippen molar-refractivity contribution in [3.05, 3.63) is 33.6 Å². The zero-order valence-corrected chi connectivity index (χ0v) is 13.4. The average Bonchev–Trinajstić information content (AvgIpc) is 2.86. The Bertz CT molecular complexity index is 670. The third-order valence-electron chi connectivity index (χ3n) is 3.28. The molecule has 7 heteroatoms. The summed E-state index contributed by atoms with van der Waals surface area (Å²) in [6, 6.07) is 5.37. The molecule has 0 bridgehead atoms. The van der Waals surface area contributed by atoms with E-state index in [9.17, 15) is 4.79 Å². The molecule has 1 amide bonds. The minimum atomic E-state index is 0.00693. The summed E-state index contributed by atoms with van der Waals surface area (Å²) >= 11 is 13.4. The SMILES string of the molecule is O=C(CC1CNC1)Nc1csc(-c2ccc(Cl)c(Cl)c2)n1. The molecule has 0 spiro atoms. The van der Waals surface area contributed by atoms with Gasteiger partial charge in [0.05, 0.1) is 10.0 Å². The van der Waals surface area contributed by atoms with Crippen LogP contribution in [0.3, 0.4) is 0 Å². The Morgan fingerprint density at radius 2 is 2.19 bits per heavy atom. The predicted octanol–water partition coefficient (Wildman–Crippen LogP) is 3.66. The average molecular weight is 342 g/mol. The van der Waals surface area contributed by atoms with Gasteiger partial charge in [0.2, 0.25) is 5.91 Å². The number of nitrogens with zero attached hydrogens (tertiary/aromatic N) is 1. The standard InChI is InChI=1S/C14H13Cl2N3OS/c15-10-2-1-9(4-11(10)16)14-19-12(7-21-14)18-13(20)3-8-5-17-6-8/h1-2,4,7-8,17H,3,5-6H2,(H,18,20). The fraction of sp³-hybridized carbons (Fsp3) is 0.286. The molecule has 0 atom stereocenters. The number of hydrogen-bond acceptors (Lipinski definition) is 4. The van der Waals surface area contributed by atoms with Gasteiger partial charge in [-0.25, -0.2) is 4.98 Å². The zero-order valence-electron chi connectivity index (χ0n) is 11.0. The van der Waals surface area contributed by atoms with E-state index in [0.29, 0.717) is 28.2 Å². The van der Waals surface area contributed by atoms with E-state index in [4.69, 9.17) is 23.2 Å². The molecule has 0 radical (unpaired) electrons. The normalized spacial score (nSPS) is 14.8. The smallest absolute Gasteiger partial charge is 0.225 e. The van der Waals surface area contributed by atoms with Gasteiger partial charge in [0, 0.05) is 17.4 Å². The zero-order chi connectivity index (χ0) is 14.8. The summed E-state index contributed by atoms with van der Waals surface area (Å²) in [7, 11) is 0. The maximum Gasteiger partial charge on any atom is 0.225 e. The number of hydrogen-bond donors (Lipinski definition) is 2. The fourth-order valence-corrected chi connectivity index (χ4v) is 3.09. The van der Waals surface area contributed by atoms with E-state index in [1.54, 1.807) is 12.1 Å². The van der Waals surface area contributed by atoms with Crippen LogP contribution < -0.4 is 10.6 Å². The van der Waals surface area contributed by atoms with Gasteiger partial charge in [-0.1, -0.05) is 29.3 Å². The number of rotatable bonds is 4. The maximum absolute atomic E-state index is 11.8. The van der Waals surface area contributed by atoms with Crippen molar-refractivity contribution in [2.75, 3.05) is 18.4 Å². The van der Waals surface area contributed by atoms with Crippen molar-refractivity contribution in [2.45, 2.75) is 6.42 Å². The van der Waals surface area contributed by atoms with Gasteiger partial charge in [-0.3, -0.25) is 4.79 Å². The van der Waals surface area contributed by atoms with Crippen molar-refractivity contribution in [1.82, 2.24) is 10.3 Å². The minimum absolute atomic E-state index is 0.00693. The van der Waals surface area contributed by atoms with Crippen LogP contribution >= 0.6 is 34.5 Å². The number of halogens is 2. The number of aromatic nitrogens is 1. The van der Waals surface area contributed by atoms with Crippen molar-refractivity contribution >= 4 is 46.3 Å². The van der Waals surface area contributed by atoms with Crippen LogP contribution in [-0.4, -0.2) is 24.0 Å². The van der Waals surface area contributed by atoms with Gasteiger partial charge in [-0.15, -0.1) is 11.3 Å². The lowest BCUT2D eigenvalue weighted by Crippen LogP contribution is -2.43. The van der Waals surface area contributed by atoms with E-state index in [1.807, 2.05) is 11.4 Å². The number of nitrogens with one attached hydrogen (secondary N) is 2. The van der Waals surface area contributed by atoms with Crippen molar-refractivity contribution in [3.8, 4) is 10.6 Å². The highest BCUT2D eigenvalue weighted by Gasteiger charge is 2.20. The molecule has 3 rings (SSSR count). The molecule has 2 aromatic rings. The van der Waals surface area contributed by atoms with Crippen LogP contribution in [-0.2, 0) is 4.79 Å². The van der Waals surface area contributed by atoms with Crippen LogP contribution in [0.25, 0.3) is 10.6 Å². The van der Waals surface area contributed by atoms with E-state index in [1.165, 1.54) is 11.3 Å². The lowest BCUT2D eigenvalue weighted by molar-refractivity contribution is -0.117. The molecular weight excluding hydrogens is 329 g/mol. The van der Waals surface area contributed by atoms with Crippen LogP contribution in [0.2, 0.25) is 10.0 Å². The highest BCUT2D eigenvalue weighted by Crippen LogP contribution is 2.31. The number of carbonyl (C=O) groups excluding carboxylic acids is 1. The summed E-state index contributed by atoms with van der Waals surface area (Å²) in [6.45, 7) is 1.83. The largest absolute Gasteiger partial charge is 0.316 e. The second-order valence-corrected chi connectivity index (χ2v) is 6.62. The molecule has 0 unspecified atom stereocenters. The highest BCUT2D eigenvalue weighted by molar-refractivity contribution is 7.13. The lowest BCUT2D eigenvalue weighted by Gasteiger charge is -2.26. The van der Waals surface area contributed by atoms with Gasteiger partial charge in [-0.05, 0) is 31.1 Å². The fourth-order valence-electron chi connectivity index (χ4n) is 2.04. The summed E-state index contributed by atoms with van der Waals surface area (Å²) in [4.78, 5) is 16.3. The number of anilines is 1. The van der Waals surface area contributed by atoms with Crippen molar-refractivity contribution in [2.24, 2.45) is 5.92 Å². The third kappa shape index (κ3) is 3.55. The molecule has 1 aromatic heterocycles. The first kappa shape index (κ1) is 14.8. The molecule has 1 aromatic carbocycles. The van der Waals surface area contributed by atoms with Crippen LogP contribution in [0.5, 0.6) is 0 Å². The van der Waals surface area contributed by atoms with Gasteiger partial charge in [-0.2, -0.15) is 0 Å². The van der Waals surface area contributed by atoms with Crippen molar-refractivity contribution < 1.29 is 4.79 Å². The van der Waals surface area contributed by atoms with E-state index < -0.39 is 0 Å². The van der Waals surface area contributed by atoms with Gasteiger partial charge in [0.15, 0.2) is 0 Å². The Morgan fingerprint density at radius 3 is 2.86 bits per heavy atom. The molecule has 2 heterocycles. The topological polar surface area (TPSA) is 54.0 Å². The van der Waals surface area contributed by atoms with E-state index in [2.05, 4.69) is 15.6 Å². The quantitative estimate of drug-likeness (QED) is 0.892. The molecule has 1 fully saturated rings. The van der Waals surface area contributed by atoms with Crippen LogP contribution in [0.4, 0.5) is 5.82 Å². The molecule has 110 valence electrons. The summed E-state index contributed by atoms with van der Waals surface area (Å²) in [5.74, 6) is 1.03. The van der Waals surface area contributed by atoms with Crippen molar-refractivity contribution in [3.63, 3.8) is 0 Å². The van der Waals surface area contributed by atoms with Crippen LogP contribution in [0.1, 0.15) is 6.42 Å². The minimum Gasteiger partial charge on any atom is -0.316 e. The Hall–Kier alpha value is -1.14. The molecular formula is C14H13Cl2N3OS. The maximum atomic E-state index is 11.8. The van der Waals surface area contributed by atoms with Crippen LogP contribution in [0, 0.1) is 5.92 Å². The number of amides is 1. The van der Waals surface area contributed by atoms with Gasteiger partial charge >= 0.3 is 0 Å². The summed E-state index contributed by atoms with van der Waals surface area (Å²) in [6.07, 6.45) is 0.534. The second-order valence-electron chi connectivity index (χ2n) is 4.94. The highest BCUT2D eigenvalue weighted by atomic mass is 35.5. The van der Waals surface area contributed by atoms with Gasteiger partial charge in [0.1, 0.15) is 10.8 Å². The Labute approximate surface area is 136 Å². The number of thiazole rings is 1. The van der Waals surface area contributed by atoms with E-state index in [-0.39, 0.29) is 5.91 Å². The summed E-state index contributed by atoms with van der Waals surface area (Å²) in [5.41, 5.74) is 0.887.